The Hall–Kier alpha value is -4.37. The number of thioether (sulfide) groups is 1. The predicted molar refractivity (Wildman–Crippen MR) is 194 cm³/mol. The summed E-state index contributed by atoms with van der Waals surface area (Å²) in [6.07, 6.45) is 0.568. The van der Waals surface area contributed by atoms with Gasteiger partial charge in [0, 0.05) is 23.8 Å². The van der Waals surface area contributed by atoms with E-state index in [0.717, 1.165) is 33.4 Å². The van der Waals surface area contributed by atoms with Gasteiger partial charge in [0.2, 0.25) is 15.9 Å². The number of aromatic nitrogens is 3. The molecule has 4 aromatic carbocycles. The number of aromatic amines is 1. The number of carbonyl (C=O) groups excluding carboxylic acids is 1. The average Bonchev–Trinajstić information content (AvgIpc) is 3.68. The van der Waals surface area contributed by atoms with Crippen molar-refractivity contribution in [2.45, 2.75) is 68.0 Å². The Bertz CT molecular complexity index is 1960. The molecule has 266 valence electrons. The van der Waals surface area contributed by atoms with Crippen LogP contribution in [0.1, 0.15) is 52.7 Å². The number of aryl methyl sites for hydroxylation is 1. The first-order chi connectivity index (χ1) is 24.7. The summed E-state index contributed by atoms with van der Waals surface area (Å²) < 4.78 is 42.2. The van der Waals surface area contributed by atoms with E-state index >= 15 is 0 Å². The Labute approximate surface area is 302 Å². The third-order valence-electron chi connectivity index (χ3n) is 8.85. The van der Waals surface area contributed by atoms with Gasteiger partial charge in [0.15, 0.2) is 11.4 Å². The van der Waals surface area contributed by atoms with Gasteiger partial charge >= 0.3 is 0 Å². The minimum Gasteiger partial charge on any atom is -0.392 e. The molecule has 0 radical (unpaired) electrons. The topological polar surface area (TPSA) is 156 Å². The molecule has 0 saturated carbocycles. The summed E-state index contributed by atoms with van der Waals surface area (Å²) in [4.78, 5) is 17.8. The maximum Gasteiger partial charge on any atom is 0.241 e. The molecule has 0 unspecified atom stereocenters. The number of aliphatic hydroxyl groups excluding tert-OH is 1. The van der Waals surface area contributed by atoms with Gasteiger partial charge in [0.1, 0.15) is 12.4 Å². The highest BCUT2D eigenvalue weighted by Crippen LogP contribution is 2.42. The first-order valence-electron chi connectivity index (χ1n) is 16.7. The van der Waals surface area contributed by atoms with Crippen molar-refractivity contribution in [3.63, 3.8) is 0 Å². The molecule has 2 heterocycles. The van der Waals surface area contributed by atoms with Crippen LogP contribution in [0.15, 0.2) is 120 Å². The molecule has 1 aliphatic rings. The molecule has 1 aliphatic heterocycles. The van der Waals surface area contributed by atoms with Gasteiger partial charge in [-0.05, 0) is 47.7 Å². The fraction of sp³-hybridized carbons (Fsp3) is 0.289. The molecule has 13 heteroatoms. The summed E-state index contributed by atoms with van der Waals surface area (Å²) in [5.74, 6) is 0.204. The van der Waals surface area contributed by atoms with Crippen molar-refractivity contribution in [2.75, 3.05) is 5.75 Å². The first-order valence-corrected chi connectivity index (χ1v) is 19.1. The number of aliphatic hydroxyl groups is 1. The molecule has 1 amide bonds. The highest BCUT2D eigenvalue weighted by Gasteiger charge is 2.38. The van der Waals surface area contributed by atoms with Crippen molar-refractivity contribution in [1.29, 1.82) is 0 Å². The average molecular weight is 728 g/mol. The van der Waals surface area contributed by atoms with E-state index in [1.807, 2.05) is 85.8 Å². The number of H-pyrrole nitrogens is 1. The zero-order chi connectivity index (χ0) is 35.8. The van der Waals surface area contributed by atoms with E-state index in [2.05, 4.69) is 32.1 Å². The monoisotopic (exact) mass is 727 g/mol. The van der Waals surface area contributed by atoms with Crippen LogP contribution in [0, 0.1) is 12.8 Å². The fourth-order valence-electron chi connectivity index (χ4n) is 5.85. The largest absolute Gasteiger partial charge is 0.392 e. The van der Waals surface area contributed by atoms with Crippen LogP contribution in [0.3, 0.4) is 0 Å². The lowest BCUT2D eigenvalue weighted by molar-refractivity contribution is -0.268. The van der Waals surface area contributed by atoms with Crippen LogP contribution in [0.2, 0.25) is 0 Å². The summed E-state index contributed by atoms with van der Waals surface area (Å²) in [6, 6.07) is 30.2. The number of hydrogen-bond acceptors (Lipinski definition) is 9. The molecule has 1 saturated heterocycles. The molecule has 0 bridgehead atoms. The SMILES string of the molecule is Cc1ccc(S(=O)(=O)N[C@H](Cc2ccccc2)C(=O)NCc2ccc([C@H]3O[C@@H](CSc4ncn[nH]4)[C@@H](C)[C@@H](c4ccc(CO)cc4)O3)cc2)cc1. The van der Waals surface area contributed by atoms with E-state index in [1.54, 1.807) is 12.1 Å². The lowest BCUT2D eigenvalue weighted by atomic mass is 9.91. The summed E-state index contributed by atoms with van der Waals surface area (Å²) in [5.41, 5.74) is 5.22. The Morgan fingerprint density at radius 3 is 2.25 bits per heavy atom. The summed E-state index contributed by atoms with van der Waals surface area (Å²) >= 11 is 1.53. The second-order valence-electron chi connectivity index (χ2n) is 12.6. The van der Waals surface area contributed by atoms with Crippen LogP contribution in [0.5, 0.6) is 0 Å². The Morgan fingerprint density at radius 2 is 1.59 bits per heavy atom. The van der Waals surface area contributed by atoms with Crippen LogP contribution in [0.4, 0.5) is 0 Å². The van der Waals surface area contributed by atoms with Gasteiger partial charge < -0.3 is 19.9 Å². The van der Waals surface area contributed by atoms with Crippen molar-refractivity contribution in [1.82, 2.24) is 25.2 Å². The smallest absolute Gasteiger partial charge is 0.241 e. The number of sulfonamides is 1. The van der Waals surface area contributed by atoms with E-state index in [9.17, 15) is 18.3 Å². The van der Waals surface area contributed by atoms with Crippen LogP contribution in [-0.2, 0) is 43.9 Å². The minimum atomic E-state index is -3.96. The van der Waals surface area contributed by atoms with Crippen LogP contribution >= 0.6 is 11.8 Å². The first kappa shape index (κ1) is 36.4. The number of rotatable bonds is 14. The molecule has 4 N–H and O–H groups in total. The molecule has 1 aromatic heterocycles. The fourth-order valence-corrected chi connectivity index (χ4v) is 7.99. The van der Waals surface area contributed by atoms with Crippen LogP contribution in [0.25, 0.3) is 0 Å². The number of nitrogens with one attached hydrogen (secondary N) is 3. The summed E-state index contributed by atoms with van der Waals surface area (Å²) in [7, 11) is -3.96. The van der Waals surface area contributed by atoms with Crippen molar-refractivity contribution < 1.29 is 27.8 Å². The molecule has 5 atom stereocenters. The Kier molecular flexibility index (Phi) is 12.0. The second-order valence-corrected chi connectivity index (χ2v) is 15.3. The molecule has 51 heavy (non-hydrogen) atoms. The molecular weight excluding hydrogens is 687 g/mol. The highest BCUT2D eigenvalue weighted by molar-refractivity contribution is 7.99. The van der Waals surface area contributed by atoms with Gasteiger partial charge in [-0.15, -0.1) is 0 Å². The third kappa shape index (κ3) is 9.50. The Morgan fingerprint density at radius 1 is 0.902 bits per heavy atom. The number of benzene rings is 4. The van der Waals surface area contributed by atoms with E-state index in [4.69, 9.17) is 9.47 Å². The van der Waals surface area contributed by atoms with E-state index in [-0.39, 0.29) is 42.6 Å². The lowest BCUT2D eigenvalue weighted by Gasteiger charge is -2.41. The summed E-state index contributed by atoms with van der Waals surface area (Å²) in [6.45, 7) is 4.14. The Balaban J connectivity index is 1.14. The molecular formula is C38H41N5O6S2. The summed E-state index contributed by atoms with van der Waals surface area (Å²) in [5, 5.41) is 20.0. The lowest BCUT2D eigenvalue weighted by Crippen LogP contribution is -2.47. The zero-order valence-corrected chi connectivity index (χ0v) is 29.9. The van der Waals surface area contributed by atoms with Crippen LogP contribution in [-0.4, -0.2) is 52.5 Å². The molecule has 5 aromatic rings. The molecule has 6 rings (SSSR count). The standard InChI is InChI=1S/C38H41N5O6S2/c1-25-8-18-32(19-9-25)51(46,47)43-33(20-27-6-4-3-5-7-27)36(45)39-21-28-10-16-31(17-11-28)37-48-34(23-50-38-40-24-41-42-38)26(2)35(49-37)30-14-12-29(22-44)13-15-30/h3-19,24,26,33-35,37,43-44H,20-23H2,1-2H3,(H,39,45)(H,40,41,42)/t26-,33-,34+,35+,37+/m1/s1. The number of hydrogen-bond donors (Lipinski definition) is 4. The van der Waals surface area contributed by atoms with Gasteiger partial charge in [0.25, 0.3) is 0 Å². The molecule has 0 spiro atoms. The van der Waals surface area contributed by atoms with Gasteiger partial charge in [-0.3, -0.25) is 9.89 Å². The van der Waals surface area contributed by atoms with Crippen LogP contribution < -0.4 is 10.0 Å². The number of nitrogens with zero attached hydrogens (tertiary/aromatic N) is 2. The normalized spacial score (nSPS) is 19.7. The maximum absolute atomic E-state index is 13.5. The zero-order valence-electron chi connectivity index (χ0n) is 28.3. The van der Waals surface area contributed by atoms with Crippen molar-refractivity contribution >= 4 is 27.7 Å². The number of amides is 1. The van der Waals surface area contributed by atoms with Gasteiger partial charge in [-0.25, -0.2) is 13.4 Å². The molecule has 0 aliphatic carbocycles. The minimum absolute atomic E-state index is 0.0124. The van der Waals surface area contributed by atoms with Gasteiger partial charge in [-0.2, -0.15) is 9.82 Å². The van der Waals surface area contributed by atoms with Crippen molar-refractivity contribution in [3.05, 3.63) is 143 Å². The molecule has 11 nitrogen and oxygen atoms in total. The van der Waals surface area contributed by atoms with Gasteiger partial charge in [-0.1, -0.05) is 115 Å². The number of ether oxygens (including phenoxy) is 2. The molecule has 1 fully saturated rings. The van der Waals surface area contributed by atoms with E-state index in [1.165, 1.54) is 30.2 Å². The van der Waals surface area contributed by atoms with E-state index < -0.39 is 28.3 Å². The highest BCUT2D eigenvalue weighted by atomic mass is 32.2. The second kappa shape index (κ2) is 16.8. The van der Waals surface area contributed by atoms with Gasteiger partial charge in [0.05, 0.1) is 23.7 Å². The maximum atomic E-state index is 13.5. The number of carbonyl (C=O) groups is 1. The van der Waals surface area contributed by atoms with Crippen molar-refractivity contribution in [2.24, 2.45) is 5.92 Å². The van der Waals surface area contributed by atoms with Crippen molar-refractivity contribution in [3.8, 4) is 0 Å². The third-order valence-corrected chi connectivity index (χ3v) is 11.3. The predicted octanol–water partition coefficient (Wildman–Crippen LogP) is 5.40. The quantitative estimate of drug-likeness (QED) is 0.110. The van der Waals surface area contributed by atoms with E-state index in [0.29, 0.717) is 10.9 Å².